The number of rotatable bonds is 6. The van der Waals surface area contributed by atoms with Gasteiger partial charge in [0, 0.05) is 29.4 Å². The van der Waals surface area contributed by atoms with E-state index in [9.17, 15) is 22.8 Å². The summed E-state index contributed by atoms with van der Waals surface area (Å²) in [5.41, 5.74) is 2.24. The Hall–Kier alpha value is -3.14. The van der Waals surface area contributed by atoms with Crippen molar-refractivity contribution in [3.63, 3.8) is 0 Å². The SMILES string of the molecule is Cc1nc(-c2cc(C)n(CC(=O)N(C)CC(=O)Nc3ccccc3C(F)(F)F)c2C)cs1. The van der Waals surface area contributed by atoms with Crippen molar-refractivity contribution >= 4 is 28.8 Å². The molecule has 2 amide bonds. The number of nitrogens with zero attached hydrogens (tertiary/aromatic N) is 3. The number of halogens is 3. The van der Waals surface area contributed by atoms with Crippen molar-refractivity contribution in [3.8, 4) is 11.3 Å². The Kier molecular flexibility index (Phi) is 6.73. The molecule has 2 aromatic heterocycles. The van der Waals surface area contributed by atoms with Crippen LogP contribution in [0.25, 0.3) is 11.3 Å². The number of hydrogen-bond donors (Lipinski definition) is 1. The van der Waals surface area contributed by atoms with Crippen molar-refractivity contribution in [3.05, 3.63) is 57.7 Å². The van der Waals surface area contributed by atoms with Gasteiger partial charge in [-0.1, -0.05) is 12.1 Å². The number of likely N-dealkylation sites (N-methyl/N-ethyl adjacent to an activating group) is 1. The van der Waals surface area contributed by atoms with Gasteiger partial charge in [-0.3, -0.25) is 9.59 Å². The van der Waals surface area contributed by atoms with E-state index in [0.717, 1.165) is 33.7 Å². The molecule has 0 radical (unpaired) electrons. The molecule has 32 heavy (non-hydrogen) atoms. The number of hydrogen-bond acceptors (Lipinski definition) is 4. The summed E-state index contributed by atoms with van der Waals surface area (Å²) < 4.78 is 41.2. The van der Waals surface area contributed by atoms with Crippen LogP contribution in [0.15, 0.2) is 35.7 Å². The number of carbonyl (C=O) groups is 2. The molecule has 1 N–H and O–H groups in total. The number of para-hydroxylation sites is 1. The van der Waals surface area contributed by atoms with Gasteiger partial charge in [-0.05, 0) is 39.0 Å². The van der Waals surface area contributed by atoms with Crippen LogP contribution in [0.4, 0.5) is 18.9 Å². The van der Waals surface area contributed by atoms with Crippen LogP contribution in [-0.2, 0) is 22.3 Å². The molecule has 0 aliphatic carbocycles. The molecule has 0 unspecified atom stereocenters. The van der Waals surface area contributed by atoms with Crippen LogP contribution in [-0.4, -0.2) is 39.9 Å². The second-order valence-electron chi connectivity index (χ2n) is 7.46. The molecule has 0 bridgehead atoms. The Morgan fingerprint density at radius 3 is 2.50 bits per heavy atom. The van der Waals surface area contributed by atoms with Gasteiger partial charge < -0.3 is 14.8 Å². The molecule has 10 heteroatoms. The fraction of sp³-hybridized carbons (Fsp3) is 0.318. The topological polar surface area (TPSA) is 67.2 Å². The van der Waals surface area contributed by atoms with Crippen LogP contribution >= 0.6 is 11.3 Å². The van der Waals surface area contributed by atoms with E-state index in [0.29, 0.717) is 0 Å². The molecule has 0 saturated carbocycles. The number of aryl methyl sites for hydroxylation is 2. The maximum Gasteiger partial charge on any atom is 0.418 e. The summed E-state index contributed by atoms with van der Waals surface area (Å²) in [7, 11) is 1.44. The van der Waals surface area contributed by atoms with E-state index >= 15 is 0 Å². The largest absolute Gasteiger partial charge is 0.418 e. The number of benzene rings is 1. The first-order valence-electron chi connectivity index (χ1n) is 9.76. The second-order valence-corrected chi connectivity index (χ2v) is 8.53. The van der Waals surface area contributed by atoms with Gasteiger partial charge in [0.1, 0.15) is 6.54 Å². The third kappa shape index (κ3) is 5.18. The maximum atomic E-state index is 13.1. The van der Waals surface area contributed by atoms with Crippen LogP contribution in [0.1, 0.15) is 22.0 Å². The van der Waals surface area contributed by atoms with Gasteiger partial charge in [0.2, 0.25) is 11.8 Å². The van der Waals surface area contributed by atoms with E-state index in [-0.39, 0.29) is 24.7 Å². The van der Waals surface area contributed by atoms with Crippen molar-refractivity contribution in [1.29, 1.82) is 0 Å². The number of nitrogens with one attached hydrogen (secondary N) is 1. The van der Waals surface area contributed by atoms with Gasteiger partial charge >= 0.3 is 6.18 Å². The molecule has 0 saturated heterocycles. The average molecular weight is 465 g/mol. The van der Waals surface area contributed by atoms with Crippen molar-refractivity contribution in [2.75, 3.05) is 18.9 Å². The summed E-state index contributed by atoms with van der Waals surface area (Å²) in [5.74, 6) is -1.05. The van der Waals surface area contributed by atoms with Crippen LogP contribution in [0.3, 0.4) is 0 Å². The summed E-state index contributed by atoms with van der Waals surface area (Å²) >= 11 is 1.54. The molecule has 170 valence electrons. The highest BCUT2D eigenvalue weighted by Crippen LogP contribution is 2.34. The third-order valence-electron chi connectivity index (χ3n) is 5.08. The standard InChI is InChI=1S/C22H23F3N4O2S/c1-13-9-16(19-12-32-15(3)26-19)14(2)29(13)11-21(31)28(4)10-20(30)27-18-8-6-5-7-17(18)22(23,24)25/h5-9,12H,10-11H2,1-4H3,(H,27,30). The number of thiazole rings is 1. The lowest BCUT2D eigenvalue weighted by Gasteiger charge is -2.19. The first-order valence-corrected chi connectivity index (χ1v) is 10.6. The highest BCUT2D eigenvalue weighted by Gasteiger charge is 2.33. The molecule has 0 fully saturated rings. The molecule has 0 spiro atoms. The molecule has 0 atom stereocenters. The lowest BCUT2D eigenvalue weighted by molar-refractivity contribution is -0.137. The molecule has 2 heterocycles. The Labute approximate surface area is 187 Å². The minimum Gasteiger partial charge on any atom is -0.339 e. The Morgan fingerprint density at radius 1 is 1.19 bits per heavy atom. The van der Waals surface area contributed by atoms with Crippen LogP contribution in [0.5, 0.6) is 0 Å². The summed E-state index contributed by atoms with van der Waals surface area (Å²) in [4.78, 5) is 30.7. The van der Waals surface area contributed by atoms with E-state index < -0.39 is 17.6 Å². The molecule has 6 nitrogen and oxygen atoms in total. The number of alkyl halides is 3. The quantitative estimate of drug-likeness (QED) is 0.577. The predicted molar refractivity (Wildman–Crippen MR) is 117 cm³/mol. The maximum absolute atomic E-state index is 13.1. The molecular formula is C22H23F3N4O2S. The first kappa shape index (κ1) is 23.5. The minimum absolute atomic E-state index is 0.00367. The van der Waals surface area contributed by atoms with Gasteiger partial charge in [-0.2, -0.15) is 13.2 Å². The summed E-state index contributed by atoms with van der Waals surface area (Å²) in [6.07, 6.45) is -4.59. The molecule has 1 aromatic carbocycles. The van der Waals surface area contributed by atoms with E-state index in [4.69, 9.17) is 0 Å². The monoisotopic (exact) mass is 464 g/mol. The Bertz CT molecular complexity index is 1150. The lowest BCUT2D eigenvalue weighted by Crippen LogP contribution is -2.37. The molecule has 0 aliphatic heterocycles. The highest BCUT2D eigenvalue weighted by atomic mass is 32.1. The van der Waals surface area contributed by atoms with E-state index in [2.05, 4.69) is 10.3 Å². The van der Waals surface area contributed by atoms with Gasteiger partial charge in [-0.25, -0.2) is 4.98 Å². The van der Waals surface area contributed by atoms with Gasteiger partial charge in [0.05, 0.1) is 28.5 Å². The molecule has 3 rings (SSSR count). The van der Waals surface area contributed by atoms with E-state index in [1.807, 2.05) is 36.8 Å². The van der Waals surface area contributed by atoms with Crippen molar-refractivity contribution in [1.82, 2.24) is 14.5 Å². The van der Waals surface area contributed by atoms with E-state index in [1.54, 1.807) is 11.3 Å². The van der Waals surface area contributed by atoms with Crippen LogP contribution < -0.4 is 5.32 Å². The third-order valence-corrected chi connectivity index (χ3v) is 5.85. The fourth-order valence-corrected chi connectivity index (χ4v) is 3.99. The van der Waals surface area contributed by atoms with Gasteiger partial charge in [0.15, 0.2) is 0 Å². The lowest BCUT2D eigenvalue weighted by atomic mass is 10.1. The highest BCUT2D eigenvalue weighted by molar-refractivity contribution is 7.09. The summed E-state index contributed by atoms with van der Waals surface area (Å²) in [6, 6.07) is 6.67. The zero-order valence-electron chi connectivity index (χ0n) is 18.1. The first-order chi connectivity index (χ1) is 15.0. The number of aromatic nitrogens is 2. The number of amides is 2. The normalized spacial score (nSPS) is 11.5. The van der Waals surface area contributed by atoms with Crippen molar-refractivity contribution in [2.45, 2.75) is 33.5 Å². The van der Waals surface area contributed by atoms with Gasteiger partial charge in [-0.15, -0.1) is 11.3 Å². The van der Waals surface area contributed by atoms with Crippen molar-refractivity contribution in [2.24, 2.45) is 0 Å². The van der Waals surface area contributed by atoms with Crippen molar-refractivity contribution < 1.29 is 22.8 Å². The molecule has 3 aromatic rings. The number of anilines is 1. The fourth-order valence-electron chi connectivity index (χ4n) is 3.38. The summed E-state index contributed by atoms with van der Waals surface area (Å²) in [5, 5.41) is 5.15. The number of carbonyl (C=O) groups excluding carboxylic acids is 2. The zero-order valence-corrected chi connectivity index (χ0v) is 18.9. The van der Waals surface area contributed by atoms with E-state index in [1.165, 1.54) is 30.1 Å². The van der Waals surface area contributed by atoms with Crippen LogP contribution in [0.2, 0.25) is 0 Å². The Morgan fingerprint density at radius 2 is 1.88 bits per heavy atom. The molecule has 0 aliphatic rings. The smallest absolute Gasteiger partial charge is 0.339 e. The second kappa shape index (κ2) is 9.15. The minimum atomic E-state index is -4.59. The zero-order chi connectivity index (χ0) is 23.6. The molecular weight excluding hydrogens is 441 g/mol. The Balaban J connectivity index is 1.67. The van der Waals surface area contributed by atoms with Crippen LogP contribution in [0, 0.1) is 20.8 Å². The predicted octanol–water partition coefficient (Wildman–Crippen LogP) is 4.65. The average Bonchev–Trinajstić information content (AvgIpc) is 3.25. The summed E-state index contributed by atoms with van der Waals surface area (Å²) in [6.45, 7) is 5.32. The van der Waals surface area contributed by atoms with Gasteiger partial charge in [0.25, 0.3) is 0 Å².